The van der Waals surface area contributed by atoms with Crippen molar-refractivity contribution in [3.63, 3.8) is 0 Å². The Balaban J connectivity index is 1.33. The Morgan fingerprint density at radius 1 is 0.865 bits per heavy atom. The molecule has 0 saturated heterocycles. The highest BCUT2D eigenvalue weighted by Gasteiger charge is 2.18. The van der Waals surface area contributed by atoms with Crippen LogP contribution in [0.15, 0.2) is 72.8 Å². The van der Waals surface area contributed by atoms with Crippen LogP contribution in [0.2, 0.25) is 0 Å². The van der Waals surface area contributed by atoms with Crippen LogP contribution in [0.5, 0.6) is 0 Å². The predicted octanol–water partition coefficient (Wildman–Crippen LogP) is 2.58. The number of imidazole rings is 1. The first-order valence-electron chi connectivity index (χ1n) is 12.2. The molecule has 8 nitrogen and oxygen atoms in total. The monoisotopic (exact) mass is 502 g/mol. The van der Waals surface area contributed by atoms with Crippen molar-refractivity contribution in [1.29, 1.82) is 0 Å². The smallest absolute Gasteiger partial charge is 0.287 e. The molecule has 0 aliphatic heterocycles. The summed E-state index contributed by atoms with van der Waals surface area (Å²) in [5.74, 6) is -0.963. The molecule has 0 spiro atoms. The summed E-state index contributed by atoms with van der Waals surface area (Å²) in [4.78, 5) is 29.8. The molecule has 0 saturated carbocycles. The lowest BCUT2D eigenvalue weighted by Gasteiger charge is -2.11. The average molecular weight is 503 g/mol. The number of aromatic nitrogens is 2. The van der Waals surface area contributed by atoms with E-state index in [0.29, 0.717) is 17.6 Å². The number of hydrogen-bond acceptors (Lipinski definition) is 5. The predicted molar refractivity (Wildman–Crippen MR) is 141 cm³/mol. The maximum atomic E-state index is 13.7. The molecule has 4 N–H and O–H groups in total. The van der Waals surface area contributed by atoms with Crippen molar-refractivity contribution in [2.75, 3.05) is 26.7 Å². The van der Waals surface area contributed by atoms with E-state index in [-0.39, 0.29) is 30.6 Å². The number of fused-ring (bicyclic) bond motifs is 1. The van der Waals surface area contributed by atoms with Crippen LogP contribution < -0.4 is 21.3 Å². The number of benzene rings is 3. The Kier molecular flexibility index (Phi) is 8.96. The highest BCUT2D eigenvalue weighted by atomic mass is 19.1. The van der Waals surface area contributed by atoms with Gasteiger partial charge in [0.05, 0.1) is 17.6 Å². The Morgan fingerprint density at radius 2 is 1.62 bits per heavy atom. The molecule has 0 aliphatic carbocycles. The summed E-state index contributed by atoms with van der Waals surface area (Å²) in [5, 5.41) is 11.9. The van der Waals surface area contributed by atoms with Crippen molar-refractivity contribution in [3.8, 4) is 0 Å². The summed E-state index contributed by atoms with van der Waals surface area (Å²) in [5.41, 5.74) is 4.24. The highest BCUT2D eigenvalue weighted by Crippen LogP contribution is 2.18. The van der Waals surface area contributed by atoms with Crippen LogP contribution in [0.3, 0.4) is 0 Å². The molecule has 0 bridgehead atoms. The van der Waals surface area contributed by atoms with Gasteiger partial charge in [0, 0.05) is 32.7 Å². The van der Waals surface area contributed by atoms with Crippen LogP contribution >= 0.6 is 0 Å². The molecule has 37 heavy (non-hydrogen) atoms. The average Bonchev–Trinajstić information content (AvgIpc) is 3.27. The van der Waals surface area contributed by atoms with Crippen molar-refractivity contribution in [2.45, 2.75) is 19.6 Å². The lowest BCUT2D eigenvalue weighted by atomic mass is 10.1. The van der Waals surface area contributed by atoms with Gasteiger partial charge in [0.1, 0.15) is 5.82 Å². The number of amides is 2. The fraction of sp³-hybridized carbons (Fsp3) is 0.250. The van der Waals surface area contributed by atoms with Crippen molar-refractivity contribution < 1.29 is 14.0 Å². The molecule has 3 aromatic carbocycles. The van der Waals surface area contributed by atoms with Crippen molar-refractivity contribution in [2.24, 2.45) is 0 Å². The van der Waals surface area contributed by atoms with Crippen molar-refractivity contribution in [3.05, 3.63) is 101 Å². The summed E-state index contributed by atoms with van der Waals surface area (Å²) in [6.45, 7) is 3.03. The van der Waals surface area contributed by atoms with Crippen molar-refractivity contribution in [1.82, 2.24) is 30.8 Å². The molecular formula is C28H31FN6O2. The Hall–Kier alpha value is -4.08. The minimum atomic E-state index is -0.474. The third-order valence-corrected chi connectivity index (χ3v) is 5.89. The van der Waals surface area contributed by atoms with E-state index in [1.54, 1.807) is 16.7 Å². The minimum Gasteiger partial charge on any atom is -0.350 e. The van der Waals surface area contributed by atoms with Crippen LogP contribution in [0, 0.1) is 5.82 Å². The normalized spacial score (nSPS) is 11.0. The van der Waals surface area contributed by atoms with Gasteiger partial charge in [-0.3, -0.25) is 9.59 Å². The lowest BCUT2D eigenvalue weighted by Crippen LogP contribution is -2.37. The molecule has 0 radical (unpaired) electrons. The summed E-state index contributed by atoms with van der Waals surface area (Å²) in [6.07, 6.45) is 0. The van der Waals surface area contributed by atoms with Gasteiger partial charge in [0.2, 0.25) is 5.91 Å². The van der Waals surface area contributed by atoms with E-state index in [2.05, 4.69) is 26.3 Å². The Bertz CT molecular complexity index is 1350. The van der Waals surface area contributed by atoms with Crippen LogP contribution in [0.1, 0.15) is 27.3 Å². The first kappa shape index (κ1) is 26.0. The van der Waals surface area contributed by atoms with E-state index >= 15 is 0 Å². The van der Waals surface area contributed by atoms with E-state index in [1.165, 1.54) is 17.7 Å². The van der Waals surface area contributed by atoms with Gasteiger partial charge < -0.3 is 25.8 Å². The van der Waals surface area contributed by atoms with Gasteiger partial charge in [-0.05, 0) is 48.0 Å². The fourth-order valence-electron chi connectivity index (χ4n) is 3.95. The minimum absolute atomic E-state index is 0.164. The standard InChI is InChI=1S/C28H31FN6O2/c1-30-13-14-31-16-20-9-11-21(12-10-20)17-32-26(36)18-33-28(37)27-34-24-7-2-3-8-25(24)35(27)19-22-5-4-6-23(29)15-22/h2-12,15,30-31H,13-14,16-19H2,1H3,(H,32,36)(H,33,37). The van der Waals surface area contributed by atoms with Gasteiger partial charge in [-0.2, -0.15) is 0 Å². The first-order chi connectivity index (χ1) is 18.0. The largest absolute Gasteiger partial charge is 0.350 e. The van der Waals surface area contributed by atoms with Crippen LogP contribution in [0.25, 0.3) is 11.0 Å². The number of likely N-dealkylation sites (N-methyl/N-ethyl adjacent to an activating group) is 1. The van der Waals surface area contributed by atoms with Crippen LogP contribution in [-0.4, -0.2) is 48.0 Å². The zero-order valence-corrected chi connectivity index (χ0v) is 20.8. The molecule has 0 unspecified atom stereocenters. The Morgan fingerprint density at radius 3 is 2.38 bits per heavy atom. The van der Waals surface area contributed by atoms with Gasteiger partial charge >= 0.3 is 0 Å². The molecule has 0 aliphatic rings. The molecule has 1 aromatic heterocycles. The highest BCUT2D eigenvalue weighted by molar-refractivity contribution is 5.96. The molecule has 9 heteroatoms. The zero-order chi connectivity index (χ0) is 26.0. The quantitative estimate of drug-likeness (QED) is 0.223. The molecule has 2 amide bonds. The molecule has 192 valence electrons. The topological polar surface area (TPSA) is 100 Å². The summed E-state index contributed by atoms with van der Waals surface area (Å²) in [7, 11) is 1.92. The number of rotatable bonds is 12. The fourth-order valence-corrected chi connectivity index (χ4v) is 3.95. The second-order valence-electron chi connectivity index (χ2n) is 8.70. The summed E-state index contributed by atoms with van der Waals surface area (Å²) >= 11 is 0. The number of halogens is 1. The maximum Gasteiger partial charge on any atom is 0.287 e. The summed E-state index contributed by atoms with van der Waals surface area (Å²) < 4.78 is 15.4. The number of hydrogen-bond donors (Lipinski definition) is 4. The van der Waals surface area contributed by atoms with Crippen LogP contribution in [0.4, 0.5) is 4.39 Å². The van der Waals surface area contributed by atoms with Crippen LogP contribution in [-0.2, 0) is 24.4 Å². The van der Waals surface area contributed by atoms with E-state index in [1.807, 2.05) is 55.6 Å². The van der Waals surface area contributed by atoms with Gasteiger partial charge in [-0.15, -0.1) is 0 Å². The summed E-state index contributed by atoms with van der Waals surface area (Å²) in [6, 6.07) is 21.6. The number of nitrogens with zero attached hydrogens (tertiary/aromatic N) is 2. The zero-order valence-electron chi connectivity index (χ0n) is 20.8. The van der Waals surface area contributed by atoms with Gasteiger partial charge in [0.25, 0.3) is 5.91 Å². The molecule has 4 aromatic rings. The number of carbonyl (C=O) groups is 2. The third-order valence-electron chi connectivity index (χ3n) is 5.89. The van der Waals surface area contributed by atoms with Gasteiger partial charge in [0.15, 0.2) is 5.82 Å². The van der Waals surface area contributed by atoms with Gasteiger partial charge in [-0.25, -0.2) is 9.37 Å². The number of carbonyl (C=O) groups excluding carboxylic acids is 2. The van der Waals surface area contributed by atoms with Crippen molar-refractivity contribution >= 4 is 22.8 Å². The first-order valence-corrected chi connectivity index (χ1v) is 12.2. The maximum absolute atomic E-state index is 13.7. The second kappa shape index (κ2) is 12.8. The van der Waals surface area contributed by atoms with E-state index < -0.39 is 5.91 Å². The molecule has 4 rings (SSSR count). The third kappa shape index (κ3) is 7.22. The number of para-hydroxylation sites is 2. The SMILES string of the molecule is CNCCNCc1ccc(CNC(=O)CNC(=O)c2nc3ccccc3n2Cc2cccc(F)c2)cc1. The molecule has 0 fully saturated rings. The van der Waals surface area contributed by atoms with E-state index in [0.717, 1.165) is 30.7 Å². The van der Waals surface area contributed by atoms with E-state index in [9.17, 15) is 14.0 Å². The molecule has 1 heterocycles. The number of nitrogens with one attached hydrogen (secondary N) is 4. The lowest BCUT2D eigenvalue weighted by molar-refractivity contribution is -0.120. The van der Waals surface area contributed by atoms with Gasteiger partial charge in [-0.1, -0.05) is 48.5 Å². The Labute approximate surface area is 215 Å². The van der Waals surface area contributed by atoms with E-state index in [4.69, 9.17) is 0 Å². The molecule has 0 atom stereocenters. The molecular weight excluding hydrogens is 471 g/mol. The second-order valence-corrected chi connectivity index (χ2v) is 8.70.